The fraction of sp³-hybridized carbons (Fsp3) is 0.560. The highest BCUT2D eigenvalue weighted by atomic mass is 32.2. The van der Waals surface area contributed by atoms with E-state index < -0.39 is 30.6 Å². The number of fused-ring (bicyclic) bond motifs is 2. The minimum Gasteiger partial charge on any atom is -0.365 e. The van der Waals surface area contributed by atoms with Crippen molar-refractivity contribution in [2.75, 3.05) is 24.8 Å². The van der Waals surface area contributed by atoms with Crippen molar-refractivity contribution >= 4 is 34.7 Å². The van der Waals surface area contributed by atoms with Crippen LogP contribution in [0.2, 0.25) is 0 Å². The molecular formula is C25H30FN7O3S. The lowest BCUT2D eigenvalue weighted by Crippen LogP contribution is -2.38. The molecule has 1 saturated heterocycles. The Bertz CT molecular complexity index is 1310. The molecule has 6 rings (SSSR count). The number of aromatic nitrogens is 5. The Balaban J connectivity index is 1.31. The zero-order valence-corrected chi connectivity index (χ0v) is 21.7. The van der Waals surface area contributed by atoms with Gasteiger partial charge in [-0.25, -0.2) is 19.0 Å². The lowest BCUT2D eigenvalue weighted by atomic mass is 10.0. The summed E-state index contributed by atoms with van der Waals surface area (Å²) in [5, 5.41) is 15.7. The molecule has 1 aliphatic heterocycles. The molecule has 0 bridgehead atoms. The summed E-state index contributed by atoms with van der Waals surface area (Å²) in [5.74, 6) is -0.527. The first-order chi connectivity index (χ1) is 17.9. The van der Waals surface area contributed by atoms with Crippen molar-refractivity contribution in [2.45, 2.75) is 67.8 Å². The molecule has 0 radical (unpaired) electrons. The molecule has 3 fully saturated rings. The fourth-order valence-corrected chi connectivity index (χ4v) is 5.94. The Hall–Kier alpha value is -2.83. The van der Waals surface area contributed by atoms with Gasteiger partial charge in [0.05, 0.1) is 12.0 Å². The molecule has 3 aliphatic rings. The molecule has 3 heterocycles. The fourth-order valence-electron chi connectivity index (χ4n) is 5.58. The summed E-state index contributed by atoms with van der Waals surface area (Å²) >= 11 is 1.44. The van der Waals surface area contributed by atoms with Crippen molar-refractivity contribution < 1.29 is 18.7 Å². The molecule has 2 aromatic heterocycles. The maximum Gasteiger partial charge on any atom is 0.226 e. The third-order valence-corrected chi connectivity index (χ3v) is 7.85. The lowest BCUT2D eigenvalue weighted by molar-refractivity contribution is -0.163. The molecule has 2 aliphatic carbocycles. The summed E-state index contributed by atoms with van der Waals surface area (Å²) in [4.78, 5) is 22.3. The van der Waals surface area contributed by atoms with Crippen LogP contribution in [0, 0.1) is 5.92 Å². The van der Waals surface area contributed by atoms with Gasteiger partial charge in [0.2, 0.25) is 5.91 Å². The van der Waals surface area contributed by atoms with Crippen LogP contribution in [0.4, 0.5) is 10.2 Å². The van der Waals surface area contributed by atoms with Gasteiger partial charge in [0, 0.05) is 18.5 Å². The van der Waals surface area contributed by atoms with E-state index in [4.69, 9.17) is 19.4 Å². The van der Waals surface area contributed by atoms with E-state index in [-0.39, 0.29) is 24.5 Å². The van der Waals surface area contributed by atoms with Gasteiger partial charge in [-0.1, -0.05) is 47.3 Å². The normalized spacial score (nSPS) is 29.8. The van der Waals surface area contributed by atoms with Gasteiger partial charge in [-0.05, 0) is 38.5 Å². The Labute approximate surface area is 218 Å². The highest BCUT2D eigenvalue weighted by molar-refractivity contribution is 7.98. The van der Waals surface area contributed by atoms with Crippen LogP contribution in [0.1, 0.15) is 44.2 Å². The average molecular weight is 528 g/mol. The topological polar surface area (TPSA) is 116 Å². The molecule has 6 atom stereocenters. The van der Waals surface area contributed by atoms with Crippen molar-refractivity contribution in [1.29, 1.82) is 0 Å². The number of hydrogen-bond acceptors (Lipinski definition) is 9. The minimum absolute atomic E-state index is 0.0294. The zero-order valence-electron chi connectivity index (χ0n) is 20.9. The van der Waals surface area contributed by atoms with E-state index in [0.717, 1.165) is 6.42 Å². The standard InChI is InChI=1S/C25H30FN7O3S/c1-25(2)35-19-15(23(34)27-10-9-26)12-17(20(19)36-25)33-22-18(31-32-33)21(29-24(30-22)37-3)28-16-11-14(16)13-7-5-4-6-8-13/h4-8,14-17,19-20H,9-12H2,1-3H3,(H,27,34)(H,28,29,30). The number of carbonyl (C=O) groups is 1. The van der Waals surface area contributed by atoms with Gasteiger partial charge in [-0.3, -0.25) is 4.79 Å². The van der Waals surface area contributed by atoms with Crippen molar-refractivity contribution in [3.8, 4) is 0 Å². The third kappa shape index (κ3) is 4.55. The molecule has 37 heavy (non-hydrogen) atoms. The van der Waals surface area contributed by atoms with Crippen LogP contribution in [0.3, 0.4) is 0 Å². The molecule has 2 saturated carbocycles. The molecule has 10 nitrogen and oxygen atoms in total. The van der Waals surface area contributed by atoms with Crippen molar-refractivity contribution in [3.05, 3.63) is 35.9 Å². The lowest BCUT2D eigenvalue weighted by Gasteiger charge is -2.23. The first kappa shape index (κ1) is 24.5. The molecule has 1 amide bonds. The van der Waals surface area contributed by atoms with Crippen LogP contribution in [-0.4, -0.2) is 74.4 Å². The molecule has 1 aromatic carbocycles. The average Bonchev–Trinajstić information content (AvgIpc) is 3.22. The van der Waals surface area contributed by atoms with Crippen molar-refractivity contribution in [2.24, 2.45) is 5.92 Å². The summed E-state index contributed by atoms with van der Waals surface area (Å²) < 4.78 is 26.8. The number of amides is 1. The summed E-state index contributed by atoms with van der Waals surface area (Å²) in [6.07, 6.45) is 2.46. The molecule has 3 aromatic rings. The molecule has 196 valence electrons. The number of benzene rings is 1. The number of halogens is 1. The van der Waals surface area contributed by atoms with Gasteiger partial charge in [0.1, 0.15) is 18.9 Å². The second-order valence-corrected chi connectivity index (χ2v) is 11.0. The Morgan fingerprint density at radius 1 is 1.19 bits per heavy atom. The Morgan fingerprint density at radius 2 is 1.97 bits per heavy atom. The number of ether oxygens (including phenoxy) is 2. The molecule has 6 unspecified atom stereocenters. The van der Waals surface area contributed by atoms with Crippen LogP contribution < -0.4 is 10.6 Å². The van der Waals surface area contributed by atoms with E-state index in [2.05, 4.69) is 45.2 Å². The van der Waals surface area contributed by atoms with Gasteiger partial charge >= 0.3 is 0 Å². The summed E-state index contributed by atoms with van der Waals surface area (Å²) in [7, 11) is 0. The third-order valence-electron chi connectivity index (χ3n) is 7.31. The summed E-state index contributed by atoms with van der Waals surface area (Å²) in [6.45, 7) is 3.00. The molecule has 12 heteroatoms. The van der Waals surface area contributed by atoms with E-state index >= 15 is 0 Å². The Kier molecular flexibility index (Phi) is 6.28. The summed E-state index contributed by atoms with van der Waals surface area (Å²) in [6, 6.07) is 10.4. The monoisotopic (exact) mass is 527 g/mol. The highest BCUT2D eigenvalue weighted by Gasteiger charge is 2.57. The summed E-state index contributed by atoms with van der Waals surface area (Å²) in [5.41, 5.74) is 2.46. The first-order valence-electron chi connectivity index (χ1n) is 12.6. The second kappa shape index (κ2) is 9.48. The first-order valence-corrected chi connectivity index (χ1v) is 13.8. The highest BCUT2D eigenvalue weighted by Crippen LogP contribution is 2.48. The number of nitrogens with one attached hydrogen (secondary N) is 2. The van der Waals surface area contributed by atoms with E-state index in [1.54, 1.807) is 4.68 Å². The van der Waals surface area contributed by atoms with Gasteiger partial charge in [-0.2, -0.15) is 0 Å². The maximum atomic E-state index is 12.9. The smallest absolute Gasteiger partial charge is 0.226 e. The minimum atomic E-state index is -0.854. The number of anilines is 1. The Morgan fingerprint density at radius 3 is 2.73 bits per heavy atom. The SMILES string of the molecule is CSc1nc(NC2CC2c2ccccc2)c2nnn(C3CC(C(=O)NCCF)C4OC(C)(C)OC43)c2n1. The van der Waals surface area contributed by atoms with Gasteiger partial charge in [0.15, 0.2) is 27.9 Å². The number of alkyl halides is 1. The van der Waals surface area contributed by atoms with Crippen LogP contribution >= 0.6 is 11.8 Å². The number of thioether (sulfide) groups is 1. The zero-order chi connectivity index (χ0) is 25.7. The van der Waals surface area contributed by atoms with Gasteiger partial charge in [0.25, 0.3) is 0 Å². The maximum absolute atomic E-state index is 12.9. The molecule has 2 N–H and O–H groups in total. The molecular weight excluding hydrogens is 497 g/mol. The number of hydrogen-bond donors (Lipinski definition) is 2. The number of rotatable bonds is 8. The van der Waals surface area contributed by atoms with E-state index in [1.165, 1.54) is 17.3 Å². The van der Waals surface area contributed by atoms with Gasteiger partial charge in [-0.15, -0.1) is 5.10 Å². The van der Waals surface area contributed by atoms with Crippen LogP contribution in [0.25, 0.3) is 11.2 Å². The van der Waals surface area contributed by atoms with Crippen molar-refractivity contribution in [3.63, 3.8) is 0 Å². The quantitative estimate of drug-likeness (QED) is 0.337. The largest absolute Gasteiger partial charge is 0.365 e. The van der Waals surface area contributed by atoms with E-state index in [1.807, 2.05) is 26.2 Å². The second-order valence-electron chi connectivity index (χ2n) is 10.2. The van der Waals surface area contributed by atoms with E-state index in [0.29, 0.717) is 34.5 Å². The number of carbonyl (C=O) groups excluding carboxylic acids is 1. The predicted octanol–water partition coefficient (Wildman–Crippen LogP) is 3.08. The predicted molar refractivity (Wildman–Crippen MR) is 136 cm³/mol. The van der Waals surface area contributed by atoms with E-state index in [9.17, 15) is 9.18 Å². The van der Waals surface area contributed by atoms with Crippen LogP contribution in [0.5, 0.6) is 0 Å². The number of nitrogens with zero attached hydrogens (tertiary/aromatic N) is 5. The van der Waals surface area contributed by atoms with Gasteiger partial charge < -0.3 is 20.1 Å². The van der Waals surface area contributed by atoms with Crippen LogP contribution in [0.15, 0.2) is 35.5 Å². The van der Waals surface area contributed by atoms with Crippen molar-refractivity contribution in [1.82, 2.24) is 30.3 Å². The molecule has 0 spiro atoms. The van der Waals surface area contributed by atoms with Crippen LogP contribution in [-0.2, 0) is 14.3 Å².